The fourth-order valence-electron chi connectivity index (χ4n) is 3.29. The van der Waals surface area contributed by atoms with E-state index in [1.165, 1.54) is 18.0 Å². The van der Waals surface area contributed by atoms with Crippen LogP contribution in [0, 0.1) is 0 Å². The van der Waals surface area contributed by atoms with Gasteiger partial charge >= 0.3 is 6.03 Å². The highest BCUT2D eigenvalue weighted by atomic mass is 32.2. The third-order valence-corrected chi connectivity index (χ3v) is 6.90. The second-order valence-corrected chi connectivity index (χ2v) is 8.69. The summed E-state index contributed by atoms with van der Waals surface area (Å²) in [7, 11) is 0. The number of fused-ring (bicyclic) bond motifs is 1. The van der Waals surface area contributed by atoms with E-state index in [9.17, 15) is 14.4 Å². The van der Waals surface area contributed by atoms with Crippen LogP contribution in [0.15, 0.2) is 39.9 Å². The maximum atomic E-state index is 13.2. The number of ketones is 1. The number of para-hydroxylation sites is 1. The van der Waals surface area contributed by atoms with Gasteiger partial charge in [0.2, 0.25) is 11.7 Å². The van der Waals surface area contributed by atoms with Gasteiger partial charge in [-0.05, 0) is 12.1 Å². The highest BCUT2D eigenvalue weighted by molar-refractivity contribution is 8.01. The standard InChI is InChI=1S/C18H19N5O4S2/c19-18(26)22-21-6-11-7-28-9-23(11)17(25)14-16(29-8-20-14)15(24)13-5-10-3-1-2-4-12(10)27-13/h1-6,11,14,16,20H,7-9H2,(H3,19,22,26)/t11-,14+,16?/m1/s1. The van der Waals surface area contributed by atoms with Crippen LogP contribution in [0.1, 0.15) is 10.6 Å². The SMILES string of the molecule is NC(=O)NN=C[C@@H]1CSCN1C(=O)[C@H]1NCSC1C(=O)c1cc2ccccc2o1. The van der Waals surface area contributed by atoms with Crippen molar-refractivity contribution < 1.29 is 18.8 Å². The van der Waals surface area contributed by atoms with Crippen LogP contribution in [0.5, 0.6) is 0 Å². The minimum Gasteiger partial charge on any atom is -0.453 e. The monoisotopic (exact) mass is 433 g/mol. The lowest BCUT2D eigenvalue weighted by Gasteiger charge is -2.26. The number of thioether (sulfide) groups is 2. The van der Waals surface area contributed by atoms with Crippen molar-refractivity contribution in [3.8, 4) is 0 Å². The molecule has 0 aliphatic carbocycles. The Balaban J connectivity index is 1.49. The van der Waals surface area contributed by atoms with Gasteiger partial charge < -0.3 is 15.1 Å². The molecule has 4 rings (SSSR count). The van der Waals surface area contributed by atoms with Crippen molar-refractivity contribution in [3.05, 3.63) is 36.1 Å². The largest absolute Gasteiger partial charge is 0.453 e. The fourth-order valence-corrected chi connectivity index (χ4v) is 5.55. The van der Waals surface area contributed by atoms with Gasteiger partial charge in [0, 0.05) is 23.2 Å². The van der Waals surface area contributed by atoms with Crippen LogP contribution < -0.4 is 16.5 Å². The van der Waals surface area contributed by atoms with Crippen molar-refractivity contribution in [2.24, 2.45) is 10.8 Å². The second kappa shape index (κ2) is 8.47. The molecular weight excluding hydrogens is 414 g/mol. The number of nitrogens with two attached hydrogens (primary N) is 1. The van der Waals surface area contributed by atoms with Crippen LogP contribution in [0.2, 0.25) is 0 Å². The number of carbonyl (C=O) groups is 3. The molecule has 2 aliphatic rings. The van der Waals surface area contributed by atoms with Crippen molar-refractivity contribution in [2.75, 3.05) is 17.5 Å². The Morgan fingerprint density at radius 2 is 2.17 bits per heavy atom. The third kappa shape index (κ3) is 4.11. The molecule has 11 heteroatoms. The van der Waals surface area contributed by atoms with E-state index in [-0.39, 0.29) is 23.5 Å². The molecule has 1 unspecified atom stereocenters. The molecule has 1 aromatic heterocycles. The number of hydrazone groups is 1. The first-order chi connectivity index (χ1) is 14.0. The van der Waals surface area contributed by atoms with Crippen molar-refractivity contribution in [3.63, 3.8) is 0 Å². The van der Waals surface area contributed by atoms with Gasteiger partial charge in [0.05, 0.1) is 17.2 Å². The van der Waals surface area contributed by atoms with Gasteiger partial charge in [0.25, 0.3) is 0 Å². The molecule has 9 nitrogen and oxygen atoms in total. The topological polar surface area (TPSA) is 130 Å². The molecule has 1 aromatic carbocycles. The van der Waals surface area contributed by atoms with E-state index in [1.807, 2.05) is 18.2 Å². The summed E-state index contributed by atoms with van der Waals surface area (Å²) in [5.41, 5.74) is 7.78. The minimum absolute atomic E-state index is 0.176. The number of urea groups is 1. The number of nitrogens with one attached hydrogen (secondary N) is 2. The van der Waals surface area contributed by atoms with E-state index >= 15 is 0 Å². The Hall–Kier alpha value is -2.50. The van der Waals surface area contributed by atoms with E-state index in [0.29, 0.717) is 23.1 Å². The number of carbonyl (C=O) groups excluding carboxylic acids is 3. The molecule has 2 fully saturated rings. The first-order valence-corrected chi connectivity index (χ1v) is 11.1. The highest BCUT2D eigenvalue weighted by Crippen LogP contribution is 2.30. The highest BCUT2D eigenvalue weighted by Gasteiger charge is 2.43. The number of rotatable bonds is 5. The van der Waals surface area contributed by atoms with Crippen molar-refractivity contribution in [2.45, 2.75) is 17.3 Å². The second-order valence-electron chi connectivity index (χ2n) is 6.56. The summed E-state index contributed by atoms with van der Waals surface area (Å²) < 4.78 is 5.70. The molecule has 0 spiro atoms. The molecule has 4 N–H and O–H groups in total. The summed E-state index contributed by atoms with van der Waals surface area (Å²) in [4.78, 5) is 38.6. The Morgan fingerprint density at radius 3 is 2.97 bits per heavy atom. The van der Waals surface area contributed by atoms with Gasteiger partial charge in [-0.25, -0.2) is 10.2 Å². The number of Topliss-reactive ketones (excluding diaryl/α,β-unsaturated/α-hetero) is 1. The van der Waals surface area contributed by atoms with E-state index in [0.717, 1.165) is 5.39 Å². The molecule has 0 saturated carbocycles. The van der Waals surface area contributed by atoms with Gasteiger partial charge in [0.1, 0.15) is 11.6 Å². The first kappa shape index (κ1) is 19.8. The van der Waals surface area contributed by atoms with Crippen molar-refractivity contribution in [1.82, 2.24) is 15.6 Å². The van der Waals surface area contributed by atoms with Crippen LogP contribution in [0.3, 0.4) is 0 Å². The van der Waals surface area contributed by atoms with E-state index in [1.54, 1.807) is 28.8 Å². The molecule has 2 aromatic rings. The van der Waals surface area contributed by atoms with Crippen LogP contribution in [-0.2, 0) is 4.79 Å². The first-order valence-electron chi connectivity index (χ1n) is 8.89. The number of hydrogen-bond acceptors (Lipinski definition) is 8. The maximum Gasteiger partial charge on any atom is 0.332 e. The zero-order valence-electron chi connectivity index (χ0n) is 15.2. The van der Waals surface area contributed by atoms with Gasteiger partial charge in [-0.3, -0.25) is 14.9 Å². The Kier molecular flexibility index (Phi) is 5.79. The molecule has 0 bridgehead atoms. The van der Waals surface area contributed by atoms with Crippen molar-refractivity contribution in [1.29, 1.82) is 0 Å². The smallest absolute Gasteiger partial charge is 0.332 e. The van der Waals surface area contributed by atoms with Gasteiger partial charge in [0.15, 0.2) is 5.76 Å². The number of primary amides is 1. The number of furan rings is 1. The molecule has 0 radical (unpaired) electrons. The van der Waals surface area contributed by atoms with E-state index in [2.05, 4.69) is 15.8 Å². The molecule has 2 saturated heterocycles. The quantitative estimate of drug-likeness (QED) is 0.367. The van der Waals surface area contributed by atoms with E-state index in [4.69, 9.17) is 10.2 Å². The lowest BCUT2D eigenvalue weighted by atomic mass is 10.1. The Bertz CT molecular complexity index is 945. The normalized spacial score (nSPS) is 24.4. The zero-order chi connectivity index (χ0) is 20.4. The van der Waals surface area contributed by atoms with Crippen LogP contribution in [-0.4, -0.2) is 63.7 Å². The van der Waals surface area contributed by atoms with Crippen LogP contribution in [0.4, 0.5) is 4.79 Å². The molecule has 3 atom stereocenters. The fraction of sp³-hybridized carbons (Fsp3) is 0.333. The van der Waals surface area contributed by atoms with Crippen LogP contribution in [0.25, 0.3) is 11.0 Å². The summed E-state index contributed by atoms with van der Waals surface area (Å²) in [6.45, 7) is 0. The van der Waals surface area contributed by atoms with Crippen molar-refractivity contribution >= 4 is 58.4 Å². The summed E-state index contributed by atoms with van der Waals surface area (Å²) in [5.74, 6) is 1.51. The van der Waals surface area contributed by atoms with Crippen LogP contribution >= 0.6 is 23.5 Å². The molecule has 152 valence electrons. The Labute approximate surface area is 174 Å². The zero-order valence-corrected chi connectivity index (χ0v) is 16.9. The number of nitrogens with zero attached hydrogens (tertiary/aromatic N) is 2. The number of hydrogen-bond donors (Lipinski definition) is 3. The summed E-state index contributed by atoms with van der Waals surface area (Å²) >= 11 is 2.97. The molecule has 3 amide bonds. The Morgan fingerprint density at radius 1 is 1.34 bits per heavy atom. The summed E-state index contributed by atoms with van der Waals surface area (Å²) in [6, 6.07) is 7.42. The molecule has 2 aliphatic heterocycles. The maximum absolute atomic E-state index is 13.2. The lowest BCUT2D eigenvalue weighted by molar-refractivity contribution is -0.132. The van der Waals surface area contributed by atoms with E-state index < -0.39 is 17.3 Å². The average Bonchev–Trinajstić information content (AvgIpc) is 3.44. The number of amides is 3. The van der Waals surface area contributed by atoms with Gasteiger partial charge in [-0.2, -0.15) is 5.10 Å². The minimum atomic E-state index is -0.768. The summed E-state index contributed by atoms with van der Waals surface area (Å²) in [5, 5.41) is 7.18. The van der Waals surface area contributed by atoms with Gasteiger partial charge in [-0.1, -0.05) is 18.2 Å². The third-order valence-electron chi connectivity index (χ3n) is 4.69. The molecule has 3 heterocycles. The average molecular weight is 434 g/mol. The van der Waals surface area contributed by atoms with Gasteiger partial charge in [-0.15, -0.1) is 23.5 Å². The molecular formula is C18H19N5O4S2. The predicted molar refractivity (Wildman–Crippen MR) is 113 cm³/mol. The molecule has 29 heavy (non-hydrogen) atoms. The lowest BCUT2D eigenvalue weighted by Crippen LogP contribution is -2.52. The summed E-state index contributed by atoms with van der Waals surface area (Å²) in [6.07, 6.45) is 1.49. The number of benzene rings is 1. The predicted octanol–water partition coefficient (Wildman–Crippen LogP) is 1.20.